The Morgan fingerprint density at radius 1 is 1.19 bits per heavy atom. The molecule has 2 rings (SSSR count). The molecule has 0 amide bonds. The van der Waals surface area contributed by atoms with Crippen molar-refractivity contribution in [1.29, 1.82) is 5.26 Å². The molecule has 2 aromatic rings. The molecule has 108 valence electrons. The molecule has 2 nitrogen and oxygen atoms in total. The van der Waals surface area contributed by atoms with Gasteiger partial charge in [-0.25, -0.2) is 4.39 Å². The monoisotopic (exact) mass is 302 g/mol. The molecule has 2 aromatic carbocycles. The van der Waals surface area contributed by atoms with Crippen LogP contribution in [0, 0.1) is 17.1 Å². The van der Waals surface area contributed by atoms with Crippen LogP contribution in [0.5, 0.6) is 0 Å². The Morgan fingerprint density at radius 2 is 1.86 bits per heavy atom. The topological polar surface area (TPSA) is 35.8 Å². The number of hydrogen-bond acceptors (Lipinski definition) is 2. The van der Waals surface area contributed by atoms with Crippen molar-refractivity contribution in [1.82, 2.24) is 0 Å². The number of halogens is 2. The molecule has 0 bridgehead atoms. The molecule has 0 unspecified atom stereocenters. The smallest absolute Gasteiger partial charge is 0.146 e. The molecule has 0 spiro atoms. The van der Waals surface area contributed by atoms with E-state index in [0.29, 0.717) is 12.1 Å². The van der Waals surface area contributed by atoms with E-state index in [9.17, 15) is 4.39 Å². The average Bonchev–Trinajstić information content (AvgIpc) is 2.49. The zero-order valence-corrected chi connectivity index (χ0v) is 12.7. The maximum Gasteiger partial charge on any atom is 0.146 e. The molecule has 0 saturated heterocycles. The van der Waals surface area contributed by atoms with Gasteiger partial charge in [-0.1, -0.05) is 35.9 Å². The fourth-order valence-electron chi connectivity index (χ4n) is 1.95. The number of benzene rings is 2. The predicted molar refractivity (Wildman–Crippen MR) is 83.8 cm³/mol. The Labute approximate surface area is 129 Å². The van der Waals surface area contributed by atoms with E-state index >= 15 is 0 Å². The van der Waals surface area contributed by atoms with Gasteiger partial charge in [0.05, 0.1) is 16.5 Å². The molecule has 0 aromatic heterocycles. The fraction of sp³-hybridized carbons (Fsp3) is 0.235. The Kier molecular flexibility index (Phi) is 4.50. The second-order valence-corrected chi connectivity index (χ2v) is 5.79. The van der Waals surface area contributed by atoms with Crippen LogP contribution in [0.4, 0.5) is 10.1 Å². The van der Waals surface area contributed by atoms with Gasteiger partial charge in [-0.2, -0.15) is 5.26 Å². The zero-order valence-electron chi connectivity index (χ0n) is 12.0. The number of hydrogen-bond donors (Lipinski definition) is 1. The number of nitrogens with zero attached hydrogens (tertiary/aromatic N) is 1. The highest BCUT2D eigenvalue weighted by Gasteiger charge is 2.19. The van der Waals surface area contributed by atoms with Gasteiger partial charge in [-0.05, 0) is 37.6 Å². The summed E-state index contributed by atoms with van der Waals surface area (Å²) in [4.78, 5) is 0. The summed E-state index contributed by atoms with van der Waals surface area (Å²) >= 11 is 5.75. The summed E-state index contributed by atoms with van der Waals surface area (Å²) in [5.74, 6) is -0.395. The number of rotatable bonds is 4. The molecule has 1 N–H and O–H groups in total. The van der Waals surface area contributed by atoms with Crippen molar-refractivity contribution >= 4 is 17.3 Å². The first-order valence-corrected chi connectivity index (χ1v) is 7.00. The maximum atomic E-state index is 13.8. The standard InChI is InChI=1S/C17H16ClFN2/c1-17(2,11-20)13-6-8-14(9-7-13)21-10-12-4-3-5-15(18)16(12)19/h3-9,21H,10H2,1-2H3. The van der Waals surface area contributed by atoms with E-state index in [-0.39, 0.29) is 5.02 Å². The van der Waals surface area contributed by atoms with Crippen molar-refractivity contribution in [3.63, 3.8) is 0 Å². The minimum atomic E-state index is -0.516. The third-order valence-corrected chi connectivity index (χ3v) is 3.69. The fourth-order valence-corrected chi connectivity index (χ4v) is 2.15. The van der Waals surface area contributed by atoms with Crippen molar-refractivity contribution in [2.45, 2.75) is 25.8 Å². The summed E-state index contributed by atoms with van der Waals surface area (Å²) in [7, 11) is 0. The van der Waals surface area contributed by atoms with E-state index in [2.05, 4.69) is 11.4 Å². The number of nitriles is 1. The van der Waals surface area contributed by atoms with Gasteiger partial charge in [0.25, 0.3) is 0 Å². The molecule has 0 fully saturated rings. The minimum Gasteiger partial charge on any atom is -0.381 e. The van der Waals surface area contributed by atoms with Gasteiger partial charge in [-0.15, -0.1) is 0 Å². The molecule has 0 aliphatic rings. The van der Waals surface area contributed by atoms with Crippen molar-refractivity contribution in [3.8, 4) is 6.07 Å². The molecule has 0 aliphatic carbocycles. The normalized spacial score (nSPS) is 11.0. The van der Waals surface area contributed by atoms with E-state index in [1.807, 2.05) is 38.1 Å². The molecule has 0 radical (unpaired) electrons. The summed E-state index contributed by atoms with van der Waals surface area (Å²) in [6.07, 6.45) is 0. The van der Waals surface area contributed by atoms with Crippen LogP contribution in [0.1, 0.15) is 25.0 Å². The third kappa shape index (κ3) is 3.53. The molecular formula is C17H16ClFN2. The Hall–Kier alpha value is -2.05. The molecule has 0 heterocycles. The van der Waals surface area contributed by atoms with Crippen LogP contribution in [0.3, 0.4) is 0 Å². The molecule has 4 heteroatoms. The van der Waals surface area contributed by atoms with E-state index in [0.717, 1.165) is 11.3 Å². The van der Waals surface area contributed by atoms with Crippen molar-refractivity contribution in [3.05, 3.63) is 64.4 Å². The lowest BCUT2D eigenvalue weighted by molar-refractivity contribution is 0.613. The lowest BCUT2D eigenvalue weighted by Crippen LogP contribution is -2.13. The first kappa shape index (κ1) is 15.3. The van der Waals surface area contributed by atoms with Crippen LogP contribution >= 0.6 is 11.6 Å². The van der Waals surface area contributed by atoms with E-state index in [4.69, 9.17) is 16.9 Å². The third-order valence-electron chi connectivity index (χ3n) is 3.40. The molecule has 0 saturated carbocycles. The quantitative estimate of drug-likeness (QED) is 0.872. The number of nitrogens with one attached hydrogen (secondary N) is 1. The van der Waals surface area contributed by atoms with Crippen LogP contribution in [-0.4, -0.2) is 0 Å². The first-order valence-electron chi connectivity index (χ1n) is 6.62. The minimum absolute atomic E-state index is 0.125. The van der Waals surface area contributed by atoms with Crippen molar-refractivity contribution in [2.24, 2.45) is 0 Å². The second kappa shape index (κ2) is 6.15. The molecule has 21 heavy (non-hydrogen) atoms. The molecular weight excluding hydrogens is 287 g/mol. The predicted octanol–water partition coefficient (Wildman–Crippen LogP) is 4.89. The van der Waals surface area contributed by atoms with Crippen molar-refractivity contribution < 1.29 is 4.39 Å². The van der Waals surface area contributed by atoms with Gasteiger partial charge in [-0.3, -0.25) is 0 Å². The van der Waals surface area contributed by atoms with Gasteiger partial charge in [0.1, 0.15) is 5.82 Å². The molecule has 0 atom stereocenters. The summed E-state index contributed by atoms with van der Waals surface area (Å²) in [6, 6.07) is 14.8. The summed E-state index contributed by atoms with van der Waals surface area (Å²) in [5.41, 5.74) is 1.82. The number of anilines is 1. The van der Waals surface area contributed by atoms with Gasteiger partial charge >= 0.3 is 0 Å². The Morgan fingerprint density at radius 3 is 2.48 bits per heavy atom. The lowest BCUT2D eigenvalue weighted by Gasteiger charge is -2.16. The van der Waals surface area contributed by atoms with Crippen LogP contribution in [0.25, 0.3) is 0 Å². The first-order chi connectivity index (χ1) is 9.94. The van der Waals surface area contributed by atoms with Gasteiger partial charge in [0, 0.05) is 17.8 Å². The lowest BCUT2D eigenvalue weighted by atomic mass is 9.86. The van der Waals surface area contributed by atoms with Gasteiger partial charge < -0.3 is 5.32 Å². The van der Waals surface area contributed by atoms with Crippen LogP contribution in [0.2, 0.25) is 5.02 Å². The van der Waals surface area contributed by atoms with E-state index in [1.54, 1.807) is 12.1 Å². The summed E-state index contributed by atoms with van der Waals surface area (Å²) < 4.78 is 13.8. The summed E-state index contributed by atoms with van der Waals surface area (Å²) in [6.45, 7) is 4.10. The van der Waals surface area contributed by atoms with Gasteiger partial charge in [0.15, 0.2) is 0 Å². The largest absolute Gasteiger partial charge is 0.381 e. The van der Waals surface area contributed by atoms with E-state index in [1.165, 1.54) is 6.07 Å². The highest BCUT2D eigenvalue weighted by Crippen LogP contribution is 2.24. The molecule has 0 aliphatic heterocycles. The van der Waals surface area contributed by atoms with Crippen LogP contribution < -0.4 is 5.32 Å². The van der Waals surface area contributed by atoms with E-state index < -0.39 is 11.2 Å². The zero-order chi connectivity index (χ0) is 15.5. The highest BCUT2D eigenvalue weighted by molar-refractivity contribution is 6.30. The second-order valence-electron chi connectivity index (χ2n) is 5.38. The Bertz CT molecular complexity index is 672. The Balaban J connectivity index is 2.08. The van der Waals surface area contributed by atoms with Gasteiger partial charge in [0.2, 0.25) is 0 Å². The highest BCUT2D eigenvalue weighted by atomic mass is 35.5. The SMILES string of the molecule is CC(C)(C#N)c1ccc(NCc2cccc(Cl)c2F)cc1. The van der Waals surface area contributed by atoms with Crippen LogP contribution in [0.15, 0.2) is 42.5 Å². The summed E-state index contributed by atoms with van der Waals surface area (Å²) in [5, 5.41) is 12.4. The average molecular weight is 303 g/mol. The maximum absolute atomic E-state index is 13.8. The van der Waals surface area contributed by atoms with Crippen molar-refractivity contribution in [2.75, 3.05) is 5.32 Å². The van der Waals surface area contributed by atoms with Crippen LogP contribution in [-0.2, 0) is 12.0 Å².